The number of nitriles is 1. The summed E-state index contributed by atoms with van der Waals surface area (Å²) in [6.07, 6.45) is 5.24. The predicted molar refractivity (Wildman–Crippen MR) is 55.7 cm³/mol. The van der Waals surface area contributed by atoms with E-state index in [4.69, 9.17) is 11.0 Å². The highest BCUT2D eigenvalue weighted by atomic mass is 16.2. The maximum Gasteiger partial charge on any atom is 0.242 e. The molecule has 2 saturated carbocycles. The van der Waals surface area contributed by atoms with Crippen LogP contribution in [-0.2, 0) is 4.79 Å². The van der Waals surface area contributed by atoms with Crippen LogP contribution in [0, 0.1) is 11.3 Å². The molecule has 0 spiro atoms. The van der Waals surface area contributed by atoms with Crippen LogP contribution in [-0.4, -0.2) is 28.9 Å². The monoisotopic (exact) mass is 207 g/mol. The van der Waals surface area contributed by atoms with Gasteiger partial charge in [-0.25, -0.2) is 0 Å². The zero-order chi connectivity index (χ0) is 10.9. The third-order valence-electron chi connectivity index (χ3n) is 3.38. The van der Waals surface area contributed by atoms with Crippen LogP contribution >= 0.6 is 0 Å². The van der Waals surface area contributed by atoms with Gasteiger partial charge in [-0.3, -0.25) is 4.79 Å². The number of carbonyl (C=O) groups excluding carboxylic acids is 1. The van der Waals surface area contributed by atoms with Crippen molar-refractivity contribution in [3.8, 4) is 6.07 Å². The van der Waals surface area contributed by atoms with Crippen molar-refractivity contribution in [3.05, 3.63) is 0 Å². The van der Waals surface area contributed by atoms with Crippen molar-refractivity contribution in [2.75, 3.05) is 6.54 Å². The summed E-state index contributed by atoms with van der Waals surface area (Å²) in [7, 11) is 0. The van der Waals surface area contributed by atoms with Gasteiger partial charge in [0.1, 0.15) is 0 Å². The van der Waals surface area contributed by atoms with Crippen molar-refractivity contribution in [2.24, 2.45) is 5.73 Å². The molecule has 15 heavy (non-hydrogen) atoms. The topological polar surface area (TPSA) is 70.1 Å². The summed E-state index contributed by atoms with van der Waals surface area (Å²) in [5.41, 5.74) is 5.41. The fourth-order valence-electron chi connectivity index (χ4n) is 2.06. The summed E-state index contributed by atoms with van der Waals surface area (Å²) in [6.45, 7) is 0.555. The molecule has 2 N–H and O–H groups in total. The standard InChI is InChI=1S/C11H17N3O/c12-7-2-8-14(9-3-4-9)10(15)11(13)5-1-6-11/h9H,1-6,8,13H2. The number of rotatable bonds is 4. The lowest BCUT2D eigenvalue weighted by atomic mass is 9.76. The molecular formula is C11H17N3O. The van der Waals surface area contributed by atoms with Crippen molar-refractivity contribution >= 4 is 5.91 Å². The van der Waals surface area contributed by atoms with E-state index in [1.165, 1.54) is 0 Å². The minimum atomic E-state index is -0.599. The van der Waals surface area contributed by atoms with Crippen LogP contribution < -0.4 is 5.73 Å². The molecule has 0 aromatic heterocycles. The van der Waals surface area contributed by atoms with E-state index in [1.807, 2.05) is 4.90 Å². The molecule has 0 aromatic carbocycles. The first-order chi connectivity index (χ1) is 7.17. The van der Waals surface area contributed by atoms with Crippen LogP contribution in [0.1, 0.15) is 38.5 Å². The fraction of sp³-hybridized carbons (Fsp3) is 0.818. The SMILES string of the molecule is N#CCCN(C(=O)C1(N)CCC1)C1CC1. The summed E-state index contributed by atoms with van der Waals surface area (Å²) in [4.78, 5) is 14.0. The Morgan fingerprint density at radius 3 is 2.60 bits per heavy atom. The van der Waals surface area contributed by atoms with Gasteiger partial charge in [-0.2, -0.15) is 5.26 Å². The lowest BCUT2D eigenvalue weighted by Crippen LogP contribution is -2.60. The van der Waals surface area contributed by atoms with E-state index in [2.05, 4.69) is 6.07 Å². The third kappa shape index (κ3) is 1.98. The van der Waals surface area contributed by atoms with E-state index >= 15 is 0 Å². The van der Waals surface area contributed by atoms with Crippen molar-refractivity contribution in [1.82, 2.24) is 4.90 Å². The Hall–Kier alpha value is -1.08. The Morgan fingerprint density at radius 1 is 1.53 bits per heavy atom. The Labute approximate surface area is 90.0 Å². The third-order valence-corrected chi connectivity index (χ3v) is 3.38. The van der Waals surface area contributed by atoms with Gasteiger partial charge in [0.05, 0.1) is 18.0 Å². The first kappa shape index (κ1) is 10.4. The summed E-state index contributed by atoms with van der Waals surface area (Å²) < 4.78 is 0. The molecule has 82 valence electrons. The van der Waals surface area contributed by atoms with E-state index in [0.717, 1.165) is 32.1 Å². The highest BCUT2D eigenvalue weighted by Crippen LogP contribution is 2.35. The Balaban J connectivity index is 1.97. The highest BCUT2D eigenvalue weighted by molar-refractivity contribution is 5.87. The number of nitrogens with two attached hydrogens (primary N) is 1. The van der Waals surface area contributed by atoms with E-state index in [0.29, 0.717) is 19.0 Å². The second-order valence-electron chi connectivity index (χ2n) is 4.65. The minimum absolute atomic E-state index is 0.0755. The van der Waals surface area contributed by atoms with E-state index in [-0.39, 0.29) is 5.91 Å². The van der Waals surface area contributed by atoms with Crippen molar-refractivity contribution < 1.29 is 4.79 Å². The molecule has 2 fully saturated rings. The van der Waals surface area contributed by atoms with Crippen molar-refractivity contribution in [1.29, 1.82) is 5.26 Å². The Kier molecular flexibility index (Phi) is 2.66. The molecule has 0 unspecified atom stereocenters. The molecule has 2 aliphatic rings. The lowest BCUT2D eigenvalue weighted by Gasteiger charge is -2.40. The van der Waals surface area contributed by atoms with Gasteiger partial charge in [0.15, 0.2) is 0 Å². The summed E-state index contributed by atoms with van der Waals surface area (Å²) in [5.74, 6) is 0.0755. The zero-order valence-electron chi connectivity index (χ0n) is 8.91. The molecule has 2 rings (SSSR count). The number of hydrogen-bond donors (Lipinski definition) is 1. The fourth-order valence-corrected chi connectivity index (χ4v) is 2.06. The van der Waals surface area contributed by atoms with Crippen LogP contribution in [0.2, 0.25) is 0 Å². The minimum Gasteiger partial charge on any atom is -0.337 e. The average molecular weight is 207 g/mol. The Morgan fingerprint density at radius 2 is 2.20 bits per heavy atom. The molecule has 0 aromatic rings. The van der Waals surface area contributed by atoms with Gasteiger partial charge in [0, 0.05) is 12.6 Å². The van der Waals surface area contributed by atoms with Crippen molar-refractivity contribution in [2.45, 2.75) is 50.1 Å². The molecule has 0 atom stereocenters. The molecule has 4 heteroatoms. The maximum absolute atomic E-state index is 12.1. The van der Waals surface area contributed by atoms with Crippen LogP contribution in [0.15, 0.2) is 0 Å². The quantitative estimate of drug-likeness (QED) is 0.740. The smallest absolute Gasteiger partial charge is 0.242 e. The van der Waals surface area contributed by atoms with Crippen LogP contribution in [0.3, 0.4) is 0 Å². The van der Waals surface area contributed by atoms with Crippen LogP contribution in [0.25, 0.3) is 0 Å². The van der Waals surface area contributed by atoms with Gasteiger partial charge in [-0.15, -0.1) is 0 Å². The van der Waals surface area contributed by atoms with Gasteiger partial charge < -0.3 is 10.6 Å². The molecule has 0 radical (unpaired) electrons. The summed E-state index contributed by atoms with van der Waals surface area (Å²) >= 11 is 0. The normalized spacial score (nSPS) is 22.7. The van der Waals surface area contributed by atoms with Gasteiger partial charge in [0.2, 0.25) is 5.91 Å². The first-order valence-electron chi connectivity index (χ1n) is 5.64. The van der Waals surface area contributed by atoms with E-state index in [9.17, 15) is 4.79 Å². The number of carbonyl (C=O) groups is 1. The molecule has 4 nitrogen and oxygen atoms in total. The number of amides is 1. The Bertz CT molecular complexity index is 299. The molecule has 1 amide bonds. The number of hydrogen-bond acceptors (Lipinski definition) is 3. The molecule has 2 aliphatic carbocycles. The second-order valence-corrected chi connectivity index (χ2v) is 4.65. The maximum atomic E-state index is 12.1. The molecule has 0 aliphatic heterocycles. The van der Waals surface area contributed by atoms with Gasteiger partial charge in [-0.1, -0.05) is 0 Å². The summed E-state index contributed by atoms with van der Waals surface area (Å²) in [5, 5.41) is 8.55. The van der Waals surface area contributed by atoms with Gasteiger partial charge in [0.25, 0.3) is 0 Å². The van der Waals surface area contributed by atoms with Crippen LogP contribution in [0.4, 0.5) is 0 Å². The lowest BCUT2D eigenvalue weighted by molar-refractivity contribution is -0.140. The van der Waals surface area contributed by atoms with Gasteiger partial charge >= 0.3 is 0 Å². The molecule has 0 bridgehead atoms. The average Bonchev–Trinajstić information content (AvgIpc) is 2.98. The highest BCUT2D eigenvalue weighted by Gasteiger charge is 2.45. The first-order valence-corrected chi connectivity index (χ1v) is 5.64. The molecule has 0 saturated heterocycles. The van der Waals surface area contributed by atoms with Crippen LogP contribution in [0.5, 0.6) is 0 Å². The molecule has 0 heterocycles. The van der Waals surface area contributed by atoms with E-state index in [1.54, 1.807) is 0 Å². The zero-order valence-corrected chi connectivity index (χ0v) is 8.91. The summed E-state index contributed by atoms with van der Waals surface area (Å²) in [6, 6.07) is 2.46. The van der Waals surface area contributed by atoms with Crippen molar-refractivity contribution in [3.63, 3.8) is 0 Å². The second kappa shape index (κ2) is 3.82. The largest absolute Gasteiger partial charge is 0.337 e. The van der Waals surface area contributed by atoms with Gasteiger partial charge in [-0.05, 0) is 32.1 Å². The predicted octanol–water partition coefficient (Wildman–Crippen LogP) is 0.772. The molecular weight excluding hydrogens is 190 g/mol. The number of nitrogens with zero attached hydrogens (tertiary/aromatic N) is 2. The van der Waals surface area contributed by atoms with E-state index < -0.39 is 5.54 Å².